The van der Waals surface area contributed by atoms with Gasteiger partial charge in [0.1, 0.15) is 17.7 Å². The highest BCUT2D eigenvalue weighted by atomic mass is 19.1. The fourth-order valence-electron chi connectivity index (χ4n) is 2.05. The van der Waals surface area contributed by atoms with E-state index in [1.807, 2.05) is 24.6 Å². The average molecular weight is 299 g/mol. The first kappa shape index (κ1) is 15.7. The molecule has 0 aliphatic carbocycles. The van der Waals surface area contributed by atoms with Crippen LogP contribution in [0.5, 0.6) is 0 Å². The molecule has 1 aromatic heterocycles. The van der Waals surface area contributed by atoms with Gasteiger partial charge >= 0.3 is 0 Å². The molecule has 4 nitrogen and oxygen atoms in total. The quantitative estimate of drug-likeness (QED) is 0.681. The number of nitrogens with one attached hydrogen (secondary N) is 1. The molecule has 0 radical (unpaired) electrons. The first-order valence-corrected chi connectivity index (χ1v) is 6.94. The molecule has 0 spiro atoms. The predicted octanol–water partition coefficient (Wildman–Crippen LogP) is 2.90. The Morgan fingerprint density at radius 2 is 2.05 bits per heavy atom. The Labute approximate surface area is 129 Å². The maximum atomic E-state index is 13.1. The van der Waals surface area contributed by atoms with Gasteiger partial charge in [-0.3, -0.25) is 4.79 Å². The van der Waals surface area contributed by atoms with Crippen molar-refractivity contribution in [3.05, 3.63) is 78.2 Å². The third-order valence-corrected chi connectivity index (χ3v) is 3.16. The first-order valence-electron chi connectivity index (χ1n) is 6.94. The Morgan fingerprint density at radius 1 is 1.32 bits per heavy atom. The lowest BCUT2D eigenvalue weighted by Crippen LogP contribution is -2.29. The Hall–Kier alpha value is -2.69. The van der Waals surface area contributed by atoms with Crippen molar-refractivity contribution in [1.82, 2.24) is 14.9 Å². The zero-order chi connectivity index (χ0) is 15.9. The summed E-state index contributed by atoms with van der Waals surface area (Å²) in [6.07, 6.45) is 10.2. The van der Waals surface area contributed by atoms with Gasteiger partial charge in [0.05, 0.1) is 0 Å². The number of hydrogen-bond donors (Lipinski definition) is 1. The molecule has 22 heavy (non-hydrogen) atoms. The number of imidazole rings is 1. The molecule has 114 valence electrons. The van der Waals surface area contributed by atoms with E-state index in [1.165, 1.54) is 18.2 Å². The molecule has 1 amide bonds. The molecule has 1 atom stereocenters. The number of nitrogens with zero attached hydrogens (tertiary/aromatic N) is 2. The lowest BCUT2D eigenvalue weighted by molar-refractivity contribution is -0.117. The summed E-state index contributed by atoms with van der Waals surface area (Å²) in [6.45, 7) is 1.87. The van der Waals surface area contributed by atoms with Gasteiger partial charge in [-0.2, -0.15) is 0 Å². The normalized spacial score (nSPS) is 12.9. The molecule has 1 N–H and O–H groups in total. The van der Waals surface area contributed by atoms with Crippen LogP contribution in [0.4, 0.5) is 4.39 Å². The largest absolute Gasteiger partial charge is 0.339 e. The van der Waals surface area contributed by atoms with Crippen molar-refractivity contribution in [2.24, 2.45) is 7.05 Å². The Balaban J connectivity index is 2.28. The minimum Gasteiger partial charge on any atom is -0.339 e. The summed E-state index contributed by atoms with van der Waals surface area (Å²) in [6, 6.07) is 5.58. The maximum Gasteiger partial charge on any atom is 0.244 e. The van der Waals surface area contributed by atoms with Crippen molar-refractivity contribution < 1.29 is 9.18 Å². The van der Waals surface area contributed by atoms with E-state index in [9.17, 15) is 9.18 Å². The van der Waals surface area contributed by atoms with Gasteiger partial charge in [0.25, 0.3) is 0 Å². The van der Waals surface area contributed by atoms with Gasteiger partial charge in [-0.15, -0.1) is 0 Å². The van der Waals surface area contributed by atoms with Crippen LogP contribution in [-0.4, -0.2) is 15.5 Å². The third-order valence-electron chi connectivity index (χ3n) is 3.16. The zero-order valence-electron chi connectivity index (χ0n) is 12.5. The number of carbonyl (C=O) groups is 1. The number of hydrogen-bond acceptors (Lipinski definition) is 2. The number of allylic oxidation sites excluding steroid dienone is 3. The van der Waals surface area contributed by atoms with E-state index in [2.05, 4.69) is 10.3 Å². The summed E-state index contributed by atoms with van der Waals surface area (Å²) in [5.41, 5.74) is 0.767. The van der Waals surface area contributed by atoms with Crippen molar-refractivity contribution >= 4 is 5.91 Å². The highest BCUT2D eigenvalue weighted by Crippen LogP contribution is 2.20. The lowest BCUT2D eigenvalue weighted by Gasteiger charge is -2.18. The molecule has 0 aliphatic rings. The van der Waals surface area contributed by atoms with Crippen LogP contribution in [0.1, 0.15) is 24.4 Å². The van der Waals surface area contributed by atoms with Gasteiger partial charge in [0.15, 0.2) is 0 Å². The molecule has 2 rings (SSSR count). The van der Waals surface area contributed by atoms with Gasteiger partial charge in [0, 0.05) is 25.5 Å². The number of amides is 1. The number of halogens is 1. The smallest absolute Gasteiger partial charge is 0.244 e. The number of rotatable bonds is 5. The standard InChI is InChI=1S/C17H18FN3O/c1-3-4-5-6-15(22)20-16(17-19-11-12-21(17)2)13-7-9-14(18)10-8-13/h3-12,16H,1-2H3,(H,20,22). The second-order valence-electron chi connectivity index (χ2n) is 4.77. The zero-order valence-corrected chi connectivity index (χ0v) is 12.5. The van der Waals surface area contributed by atoms with Gasteiger partial charge in [-0.05, 0) is 24.6 Å². The van der Waals surface area contributed by atoms with Crippen LogP contribution < -0.4 is 5.32 Å². The van der Waals surface area contributed by atoms with Crippen molar-refractivity contribution in [2.75, 3.05) is 0 Å². The van der Waals surface area contributed by atoms with Crippen LogP contribution in [0.15, 0.2) is 61.0 Å². The molecule has 0 fully saturated rings. The summed E-state index contributed by atoms with van der Waals surface area (Å²) in [4.78, 5) is 16.3. The minimum absolute atomic E-state index is 0.240. The van der Waals surface area contributed by atoms with Crippen LogP contribution in [0.25, 0.3) is 0 Å². The summed E-state index contributed by atoms with van der Waals surface area (Å²) in [7, 11) is 1.85. The molecule has 0 bridgehead atoms. The van der Waals surface area contributed by atoms with Crippen LogP contribution >= 0.6 is 0 Å². The predicted molar refractivity (Wildman–Crippen MR) is 83.5 cm³/mol. The highest BCUT2D eigenvalue weighted by molar-refractivity contribution is 5.88. The van der Waals surface area contributed by atoms with E-state index in [1.54, 1.807) is 36.7 Å². The Kier molecular flexibility index (Phi) is 5.25. The fraction of sp³-hybridized carbons (Fsp3) is 0.176. The van der Waals surface area contributed by atoms with E-state index in [-0.39, 0.29) is 11.7 Å². The number of aryl methyl sites for hydroxylation is 1. The first-order chi connectivity index (χ1) is 10.6. The monoisotopic (exact) mass is 299 g/mol. The van der Waals surface area contributed by atoms with Crippen molar-refractivity contribution in [1.29, 1.82) is 0 Å². The van der Waals surface area contributed by atoms with E-state index in [0.29, 0.717) is 5.82 Å². The van der Waals surface area contributed by atoms with Gasteiger partial charge in [0.2, 0.25) is 5.91 Å². The second kappa shape index (κ2) is 7.36. The van der Waals surface area contributed by atoms with Crippen LogP contribution in [0.2, 0.25) is 0 Å². The molecule has 1 aromatic carbocycles. The molecule has 1 unspecified atom stereocenters. The summed E-state index contributed by atoms with van der Waals surface area (Å²) >= 11 is 0. The van der Waals surface area contributed by atoms with Gasteiger partial charge in [-0.1, -0.05) is 30.4 Å². The van der Waals surface area contributed by atoms with E-state index in [4.69, 9.17) is 0 Å². The minimum atomic E-state index is -0.441. The lowest BCUT2D eigenvalue weighted by atomic mass is 10.1. The fourth-order valence-corrected chi connectivity index (χ4v) is 2.05. The SMILES string of the molecule is CC=CC=CC(=O)NC(c1ccc(F)cc1)c1nccn1C. The maximum absolute atomic E-state index is 13.1. The molecule has 5 heteroatoms. The van der Waals surface area contributed by atoms with Crippen molar-refractivity contribution in [2.45, 2.75) is 13.0 Å². The van der Waals surface area contributed by atoms with Gasteiger partial charge in [-0.25, -0.2) is 9.37 Å². The average Bonchev–Trinajstić information content (AvgIpc) is 2.92. The van der Waals surface area contributed by atoms with E-state index < -0.39 is 6.04 Å². The summed E-state index contributed by atoms with van der Waals surface area (Å²) in [5.74, 6) is 0.122. The molecule has 1 heterocycles. The van der Waals surface area contributed by atoms with Crippen molar-refractivity contribution in [3.8, 4) is 0 Å². The number of carbonyl (C=O) groups excluding carboxylic acids is 1. The Morgan fingerprint density at radius 3 is 2.64 bits per heavy atom. The van der Waals surface area contributed by atoms with Crippen molar-refractivity contribution in [3.63, 3.8) is 0 Å². The molecule has 0 saturated carbocycles. The topological polar surface area (TPSA) is 46.9 Å². The molecular weight excluding hydrogens is 281 g/mol. The van der Waals surface area contributed by atoms with Crippen LogP contribution in [0.3, 0.4) is 0 Å². The van der Waals surface area contributed by atoms with Gasteiger partial charge < -0.3 is 9.88 Å². The van der Waals surface area contributed by atoms with E-state index >= 15 is 0 Å². The Bertz CT molecular complexity index is 686. The molecule has 2 aromatic rings. The van der Waals surface area contributed by atoms with Crippen LogP contribution in [-0.2, 0) is 11.8 Å². The van der Waals surface area contributed by atoms with Crippen LogP contribution in [0, 0.1) is 5.82 Å². The number of aromatic nitrogens is 2. The highest BCUT2D eigenvalue weighted by Gasteiger charge is 2.19. The molecule has 0 saturated heterocycles. The number of benzene rings is 1. The summed E-state index contributed by atoms with van der Waals surface area (Å²) < 4.78 is 14.9. The summed E-state index contributed by atoms with van der Waals surface area (Å²) in [5, 5.41) is 2.89. The third kappa shape index (κ3) is 3.91. The molecule has 0 aliphatic heterocycles. The van der Waals surface area contributed by atoms with E-state index in [0.717, 1.165) is 5.56 Å². The molecular formula is C17H18FN3O. The second-order valence-corrected chi connectivity index (χ2v) is 4.77.